The number of carbonyl (C=O) groups is 2. The van der Waals surface area contributed by atoms with Crippen LogP contribution in [0.1, 0.15) is 26.7 Å². The van der Waals surface area contributed by atoms with E-state index in [1.54, 1.807) is 4.90 Å². The fourth-order valence-corrected chi connectivity index (χ4v) is 1.92. The highest BCUT2D eigenvalue weighted by Crippen LogP contribution is 2.27. The van der Waals surface area contributed by atoms with Gasteiger partial charge in [-0.25, -0.2) is 0 Å². The van der Waals surface area contributed by atoms with Crippen LogP contribution in [-0.2, 0) is 9.59 Å². The Balaban J connectivity index is 2.57. The average Bonchev–Trinajstić information content (AvgIpc) is 2.53. The Labute approximate surface area is 100 Å². The third-order valence-electron chi connectivity index (χ3n) is 2.76. The molecule has 0 aromatic carbocycles. The molecule has 0 aromatic heterocycles. The number of thiocarbonyl (C=S) groups is 1. The Bertz CT molecular complexity index is 328. The molecule has 0 atom stereocenters. The minimum Gasteiger partial charge on any atom is -0.392 e. The molecule has 1 fully saturated rings. The van der Waals surface area contributed by atoms with Gasteiger partial charge < -0.3 is 16.0 Å². The fraction of sp³-hybridized carbons (Fsp3) is 0.700. The molecule has 2 amide bonds. The maximum Gasteiger partial charge on any atom is 0.312 e. The number of hydrogen-bond acceptors (Lipinski definition) is 3. The van der Waals surface area contributed by atoms with Gasteiger partial charge in [0.1, 0.15) is 0 Å². The molecule has 1 aliphatic heterocycles. The van der Waals surface area contributed by atoms with Crippen LogP contribution in [0, 0.1) is 0 Å². The fourth-order valence-electron chi connectivity index (χ4n) is 1.85. The van der Waals surface area contributed by atoms with Crippen LogP contribution in [0.25, 0.3) is 0 Å². The molecule has 3 N–H and O–H groups in total. The molecule has 1 aliphatic rings. The van der Waals surface area contributed by atoms with Crippen molar-refractivity contribution < 1.29 is 9.59 Å². The highest BCUT2D eigenvalue weighted by molar-refractivity contribution is 7.80. The molecule has 6 heteroatoms. The van der Waals surface area contributed by atoms with Gasteiger partial charge in [0.15, 0.2) is 0 Å². The number of likely N-dealkylation sites (tertiary alicyclic amines) is 1. The number of rotatable bonds is 2. The van der Waals surface area contributed by atoms with Crippen molar-refractivity contribution in [1.29, 1.82) is 0 Å². The summed E-state index contributed by atoms with van der Waals surface area (Å²) in [7, 11) is 0. The van der Waals surface area contributed by atoms with Gasteiger partial charge in [0.2, 0.25) is 0 Å². The Hall–Kier alpha value is -1.17. The molecule has 0 unspecified atom stereocenters. The van der Waals surface area contributed by atoms with Crippen LogP contribution in [0.2, 0.25) is 0 Å². The van der Waals surface area contributed by atoms with E-state index in [1.165, 1.54) is 0 Å². The Morgan fingerprint density at radius 3 is 2.56 bits per heavy atom. The van der Waals surface area contributed by atoms with E-state index in [-0.39, 0.29) is 17.1 Å². The first-order valence-electron chi connectivity index (χ1n) is 5.23. The Morgan fingerprint density at radius 1 is 1.50 bits per heavy atom. The zero-order valence-electron chi connectivity index (χ0n) is 9.58. The summed E-state index contributed by atoms with van der Waals surface area (Å²) in [6, 6.07) is 0. The summed E-state index contributed by atoms with van der Waals surface area (Å²) in [4.78, 5) is 25.1. The van der Waals surface area contributed by atoms with Crippen molar-refractivity contribution >= 4 is 29.0 Å². The van der Waals surface area contributed by atoms with Gasteiger partial charge in [-0.1, -0.05) is 12.2 Å². The zero-order chi connectivity index (χ0) is 12.3. The molecule has 5 nitrogen and oxygen atoms in total. The lowest BCUT2D eigenvalue weighted by atomic mass is 10.0. The minimum absolute atomic E-state index is 0.0637. The van der Waals surface area contributed by atoms with Crippen molar-refractivity contribution in [3.8, 4) is 0 Å². The van der Waals surface area contributed by atoms with E-state index in [9.17, 15) is 9.59 Å². The van der Waals surface area contributed by atoms with Crippen molar-refractivity contribution in [2.45, 2.75) is 32.2 Å². The maximum absolute atomic E-state index is 11.8. The van der Waals surface area contributed by atoms with Crippen LogP contribution < -0.4 is 11.1 Å². The SMILES string of the molecule is CC1(C)CCCN1C(=O)C(=O)NCC(N)=S. The van der Waals surface area contributed by atoms with Crippen molar-refractivity contribution in [3.05, 3.63) is 0 Å². The number of nitrogens with one attached hydrogen (secondary N) is 1. The van der Waals surface area contributed by atoms with Gasteiger partial charge >= 0.3 is 11.8 Å². The molecule has 0 spiro atoms. The summed E-state index contributed by atoms with van der Waals surface area (Å²) in [5.41, 5.74) is 5.00. The number of carbonyl (C=O) groups excluding carboxylic acids is 2. The average molecular weight is 243 g/mol. The number of nitrogens with zero attached hydrogens (tertiary/aromatic N) is 1. The second kappa shape index (κ2) is 4.78. The second-order valence-electron chi connectivity index (χ2n) is 4.52. The van der Waals surface area contributed by atoms with E-state index in [4.69, 9.17) is 5.73 Å². The second-order valence-corrected chi connectivity index (χ2v) is 5.05. The van der Waals surface area contributed by atoms with Gasteiger partial charge in [-0.05, 0) is 26.7 Å². The Kier molecular flexibility index (Phi) is 3.85. The summed E-state index contributed by atoms with van der Waals surface area (Å²) in [6.45, 7) is 4.61. The number of nitrogens with two attached hydrogens (primary N) is 1. The molecule has 0 aliphatic carbocycles. The van der Waals surface area contributed by atoms with Crippen LogP contribution in [0.4, 0.5) is 0 Å². The molecule has 1 rings (SSSR count). The normalized spacial score (nSPS) is 18.2. The standard InChI is InChI=1S/C10H17N3O2S/c1-10(2)4-3-5-13(10)9(15)8(14)12-6-7(11)16/h3-6H2,1-2H3,(H2,11,16)(H,12,14). The van der Waals surface area contributed by atoms with Gasteiger partial charge in [-0.15, -0.1) is 0 Å². The van der Waals surface area contributed by atoms with Crippen molar-refractivity contribution in [2.24, 2.45) is 5.73 Å². The Morgan fingerprint density at radius 2 is 2.12 bits per heavy atom. The van der Waals surface area contributed by atoms with Gasteiger partial charge in [0.05, 0.1) is 11.5 Å². The number of hydrogen-bond donors (Lipinski definition) is 2. The minimum atomic E-state index is -0.636. The van der Waals surface area contributed by atoms with Crippen LogP contribution in [-0.4, -0.2) is 40.3 Å². The van der Waals surface area contributed by atoms with Gasteiger partial charge in [0.25, 0.3) is 0 Å². The third kappa shape index (κ3) is 2.91. The summed E-state index contributed by atoms with van der Waals surface area (Å²) < 4.78 is 0. The molecule has 90 valence electrons. The van der Waals surface area contributed by atoms with E-state index in [0.717, 1.165) is 12.8 Å². The lowest BCUT2D eigenvalue weighted by molar-refractivity contribution is -0.147. The van der Waals surface area contributed by atoms with Crippen LogP contribution in [0.15, 0.2) is 0 Å². The molecule has 0 saturated carbocycles. The highest BCUT2D eigenvalue weighted by atomic mass is 32.1. The van der Waals surface area contributed by atoms with E-state index >= 15 is 0 Å². The van der Waals surface area contributed by atoms with Crippen molar-refractivity contribution in [1.82, 2.24) is 10.2 Å². The molecule has 1 saturated heterocycles. The molecule has 0 aromatic rings. The summed E-state index contributed by atoms with van der Waals surface area (Å²) >= 11 is 4.62. The van der Waals surface area contributed by atoms with Crippen LogP contribution in [0.3, 0.4) is 0 Å². The molecular weight excluding hydrogens is 226 g/mol. The smallest absolute Gasteiger partial charge is 0.312 e. The molecule has 16 heavy (non-hydrogen) atoms. The zero-order valence-corrected chi connectivity index (χ0v) is 10.4. The summed E-state index contributed by atoms with van der Waals surface area (Å²) in [5, 5.41) is 2.40. The third-order valence-corrected chi connectivity index (χ3v) is 2.91. The lowest BCUT2D eigenvalue weighted by Gasteiger charge is -2.30. The topological polar surface area (TPSA) is 75.4 Å². The van der Waals surface area contributed by atoms with Crippen LogP contribution >= 0.6 is 12.2 Å². The first-order chi connectivity index (χ1) is 7.34. The first kappa shape index (κ1) is 12.9. The van der Waals surface area contributed by atoms with E-state index < -0.39 is 11.8 Å². The van der Waals surface area contributed by atoms with Gasteiger partial charge in [-0.3, -0.25) is 9.59 Å². The summed E-state index contributed by atoms with van der Waals surface area (Å²) in [6.07, 6.45) is 1.85. The number of amides is 2. The largest absolute Gasteiger partial charge is 0.392 e. The van der Waals surface area contributed by atoms with E-state index in [0.29, 0.717) is 6.54 Å². The predicted molar refractivity (Wildman–Crippen MR) is 64.8 cm³/mol. The highest BCUT2D eigenvalue weighted by Gasteiger charge is 2.37. The van der Waals surface area contributed by atoms with Crippen LogP contribution in [0.5, 0.6) is 0 Å². The quantitative estimate of drug-likeness (QED) is 0.520. The lowest BCUT2D eigenvalue weighted by Crippen LogP contribution is -2.50. The molecule has 1 heterocycles. The monoisotopic (exact) mass is 243 g/mol. The van der Waals surface area contributed by atoms with Gasteiger partial charge in [-0.2, -0.15) is 0 Å². The molecule has 0 bridgehead atoms. The van der Waals surface area contributed by atoms with Crippen molar-refractivity contribution in [3.63, 3.8) is 0 Å². The molecular formula is C10H17N3O2S. The summed E-state index contributed by atoms with van der Waals surface area (Å²) in [5.74, 6) is -1.14. The predicted octanol–water partition coefficient (Wildman–Crippen LogP) is -0.210. The van der Waals surface area contributed by atoms with Gasteiger partial charge in [0, 0.05) is 12.1 Å². The van der Waals surface area contributed by atoms with Crippen molar-refractivity contribution in [2.75, 3.05) is 13.1 Å². The molecule has 0 radical (unpaired) electrons. The first-order valence-corrected chi connectivity index (χ1v) is 5.63. The van der Waals surface area contributed by atoms with E-state index in [2.05, 4.69) is 17.5 Å². The maximum atomic E-state index is 11.8. The van der Waals surface area contributed by atoms with E-state index in [1.807, 2.05) is 13.8 Å².